The Morgan fingerprint density at radius 3 is 3.00 bits per heavy atom. The van der Waals surface area contributed by atoms with Gasteiger partial charge >= 0.3 is 0 Å². The Morgan fingerprint density at radius 2 is 2.29 bits per heavy atom. The Kier molecular flexibility index (Phi) is 2.05. The van der Waals surface area contributed by atoms with E-state index in [2.05, 4.69) is 5.10 Å². The molecule has 0 spiro atoms. The molecule has 1 aromatic heterocycles. The normalized spacial score (nSPS) is 10.7. The second-order valence-corrected chi connectivity index (χ2v) is 3.15. The van der Waals surface area contributed by atoms with E-state index < -0.39 is 0 Å². The van der Waals surface area contributed by atoms with Crippen molar-refractivity contribution in [1.82, 2.24) is 9.78 Å². The van der Waals surface area contributed by atoms with Crippen LogP contribution in [0.3, 0.4) is 0 Å². The molecule has 0 saturated heterocycles. The fraction of sp³-hybridized carbons (Fsp3) is 0.200. The molecular weight excluding hydrogens is 180 g/mol. The van der Waals surface area contributed by atoms with Gasteiger partial charge in [0.1, 0.15) is 0 Å². The second-order valence-electron chi connectivity index (χ2n) is 3.15. The third kappa shape index (κ3) is 1.29. The highest BCUT2D eigenvalue weighted by atomic mass is 16.3. The van der Waals surface area contributed by atoms with Crippen LogP contribution >= 0.6 is 0 Å². The van der Waals surface area contributed by atoms with Gasteiger partial charge in [-0.05, 0) is 11.6 Å². The molecule has 4 nitrogen and oxygen atoms in total. The lowest BCUT2D eigenvalue weighted by Gasteiger charge is -2.01. The van der Waals surface area contributed by atoms with Gasteiger partial charge in [-0.1, -0.05) is 12.1 Å². The van der Waals surface area contributed by atoms with Crippen LogP contribution in [0.25, 0.3) is 10.8 Å². The number of hydrogen-bond donors (Lipinski definition) is 1. The highest BCUT2D eigenvalue weighted by molar-refractivity contribution is 5.81. The van der Waals surface area contributed by atoms with Gasteiger partial charge in [0.25, 0.3) is 5.56 Å². The minimum Gasteiger partial charge on any atom is -0.392 e. The number of fused-ring (bicyclic) bond motifs is 1. The molecule has 0 radical (unpaired) electrons. The van der Waals surface area contributed by atoms with Gasteiger partial charge in [0.05, 0.1) is 18.2 Å². The summed E-state index contributed by atoms with van der Waals surface area (Å²) in [6.45, 7) is -0.0541. The highest BCUT2D eigenvalue weighted by Crippen LogP contribution is 2.10. The summed E-state index contributed by atoms with van der Waals surface area (Å²) in [5.74, 6) is 0. The number of rotatable bonds is 1. The molecule has 0 fully saturated rings. The van der Waals surface area contributed by atoms with Crippen molar-refractivity contribution in [2.75, 3.05) is 0 Å². The molecule has 0 aliphatic carbocycles. The fourth-order valence-corrected chi connectivity index (χ4v) is 1.38. The quantitative estimate of drug-likeness (QED) is 0.709. The average molecular weight is 190 g/mol. The van der Waals surface area contributed by atoms with E-state index in [-0.39, 0.29) is 12.2 Å². The van der Waals surface area contributed by atoms with E-state index in [1.807, 2.05) is 0 Å². The molecule has 0 atom stereocenters. The molecule has 4 heteroatoms. The standard InChI is InChI=1S/C10H10N2O2/c1-12-10(14)9-4-7(6-13)2-3-8(9)5-11-12/h2-5,13H,6H2,1H3. The lowest BCUT2D eigenvalue weighted by Crippen LogP contribution is -2.19. The molecule has 0 aliphatic rings. The monoisotopic (exact) mass is 190 g/mol. The SMILES string of the molecule is Cn1ncc2ccc(CO)cc2c1=O. The summed E-state index contributed by atoms with van der Waals surface area (Å²) in [6.07, 6.45) is 1.64. The Hall–Kier alpha value is -1.68. The van der Waals surface area contributed by atoms with Crippen LogP contribution in [0.15, 0.2) is 29.2 Å². The average Bonchev–Trinajstić information content (AvgIpc) is 2.23. The van der Waals surface area contributed by atoms with Gasteiger partial charge in [-0.25, -0.2) is 4.68 Å². The van der Waals surface area contributed by atoms with E-state index in [9.17, 15) is 4.79 Å². The Balaban J connectivity index is 2.85. The summed E-state index contributed by atoms with van der Waals surface area (Å²) < 4.78 is 1.28. The smallest absolute Gasteiger partial charge is 0.274 e. The Labute approximate surface area is 80.4 Å². The van der Waals surface area contributed by atoms with Crippen molar-refractivity contribution < 1.29 is 5.11 Å². The summed E-state index contributed by atoms with van der Waals surface area (Å²) in [7, 11) is 1.60. The van der Waals surface area contributed by atoms with Crippen molar-refractivity contribution in [2.45, 2.75) is 6.61 Å². The zero-order valence-electron chi connectivity index (χ0n) is 7.77. The van der Waals surface area contributed by atoms with Crippen molar-refractivity contribution in [3.63, 3.8) is 0 Å². The molecule has 0 amide bonds. The molecule has 1 heterocycles. The van der Waals surface area contributed by atoms with Crippen LogP contribution in [0.5, 0.6) is 0 Å². The zero-order chi connectivity index (χ0) is 10.1. The molecular formula is C10H10N2O2. The number of nitrogens with zero attached hydrogens (tertiary/aromatic N) is 2. The maximum absolute atomic E-state index is 11.6. The van der Waals surface area contributed by atoms with Crippen LogP contribution in [0.4, 0.5) is 0 Å². The molecule has 2 rings (SSSR count). The molecule has 0 unspecified atom stereocenters. The first-order valence-corrected chi connectivity index (χ1v) is 4.28. The van der Waals surface area contributed by atoms with E-state index >= 15 is 0 Å². The first-order valence-electron chi connectivity index (χ1n) is 4.28. The van der Waals surface area contributed by atoms with Crippen LogP contribution in [0, 0.1) is 0 Å². The predicted molar refractivity (Wildman–Crippen MR) is 52.9 cm³/mol. The number of aliphatic hydroxyl groups excluding tert-OH is 1. The summed E-state index contributed by atoms with van der Waals surface area (Å²) >= 11 is 0. The Bertz CT molecular complexity index is 531. The maximum Gasteiger partial charge on any atom is 0.274 e. The first kappa shape index (κ1) is 8.90. The minimum absolute atomic E-state index is 0.0541. The minimum atomic E-state index is -0.141. The maximum atomic E-state index is 11.6. The number of aliphatic hydroxyl groups is 1. The Morgan fingerprint density at radius 1 is 1.50 bits per heavy atom. The summed E-state index contributed by atoms with van der Waals surface area (Å²) in [4.78, 5) is 11.6. The van der Waals surface area contributed by atoms with Gasteiger partial charge in [0.2, 0.25) is 0 Å². The van der Waals surface area contributed by atoms with Crippen LogP contribution < -0.4 is 5.56 Å². The molecule has 0 saturated carbocycles. The van der Waals surface area contributed by atoms with Gasteiger partial charge in [-0.15, -0.1) is 0 Å². The van der Waals surface area contributed by atoms with Gasteiger partial charge in [0.15, 0.2) is 0 Å². The van der Waals surface area contributed by atoms with Crippen LogP contribution in [0.2, 0.25) is 0 Å². The van der Waals surface area contributed by atoms with Gasteiger partial charge in [-0.2, -0.15) is 5.10 Å². The topological polar surface area (TPSA) is 55.1 Å². The molecule has 1 aromatic carbocycles. The molecule has 72 valence electrons. The number of aryl methyl sites for hydroxylation is 1. The van der Waals surface area contributed by atoms with E-state index in [1.165, 1.54) is 4.68 Å². The van der Waals surface area contributed by atoms with Crippen LogP contribution in [-0.2, 0) is 13.7 Å². The first-order chi connectivity index (χ1) is 6.72. The number of benzene rings is 1. The van der Waals surface area contributed by atoms with Crippen LogP contribution in [0.1, 0.15) is 5.56 Å². The molecule has 0 bridgehead atoms. The van der Waals surface area contributed by atoms with E-state index in [4.69, 9.17) is 5.11 Å². The van der Waals surface area contributed by atoms with E-state index in [0.717, 1.165) is 10.9 Å². The molecule has 1 N–H and O–H groups in total. The lowest BCUT2D eigenvalue weighted by atomic mass is 10.1. The predicted octanol–water partition coefficient (Wildman–Crippen LogP) is 0.426. The van der Waals surface area contributed by atoms with Gasteiger partial charge in [0, 0.05) is 12.4 Å². The fourth-order valence-electron chi connectivity index (χ4n) is 1.38. The summed E-state index contributed by atoms with van der Waals surface area (Å²) in [6, 6.07) is 5.26. The summed E-state index contributed by atoms with van der Waals surface area (Å²) in [5.41, 5.74) is 0.596. The van der Waals surface area contributed by atoms with Crippen molar-refractivity contribution in [1.29, 1.82) is 0 Å². The largest absolute Gasteiger partial charge is 0.392 e. The van der Waals surface area contributed by atoms with Gasteiger partial charge < -0.3 is 5.11 Å². The lowest BCUT2D eigenvalue weighted by molar-refractivity contribution is 0.282. The van der Waals surface area contributed by atoms with Crippen LogP contribution in [-0.4, -0.2) is 14.9 Å². The van der Waals surface area contributed by atoms with Crippen molar-refractivity contribution in [3.05, 3.63) is 40.3 Å². The van der Waals surface area contributed by atoms with Crippen molar-refractivity contribution in [2.24, 2.45) is 7.05 Å². The zero-order valence-corrected chi connectivity index (χ0v) is 7.77. The third-order valence-corrected chi connectivity index (χ3v) is 2.19. The van der Waals surface area contributed by atoms with E-state index in [0.29, 0.717) is 5.39 Å². The number of hydrogen-bond acceptors (Lipinski definition) is 3. The summed E-state index contributed by atoms with van der Waals surface area (Å²) in [5, 5.41) is 14.2. The van der Waals surface area contributed by atoms with E-state index in [1.54, 1.807) is 31.4 Å². The van der Waals surface area contributed by atoms with Crippen molar-refractivity contribution >= 4 is 10.8 Å². The molecule has 0 aliphatic heterocycles. The number of aromatic nitrogens is 2. The third-order valence-electron chi connectivity index (χ3n) is 2.19. The molecule has 2 aromatic rings. The van der Waals surface area contributed by atoms with Gasteiger partial charge in [-0.3, -0.25) is 4.79 Å². The molecule has 14 heavy (non-hydrogen) atoms. The van der Waals surface area contributed by atoms with Crippen molar-refractivity contribution in [3.8, 4) is 0 Å². The second kappa shape index (κ2) is 3.23. The highest BCUT2D eigenvalue weighted by Gasteiger charge is 2.01.